The van der Waals surface area contributed by atoms with Gasteiger partial charge in [-0.05, 0) is 32.6 Å². The van der Waals surface area contributed by atoms with E-state index in [0.717, 1.165) is 25.7 Å². The Balaban J connectivity index is 1.73. The monoisotopic (exact) mass is 238 g/mol. The van der Waals surface area contributed by atoms with Gasteiger partial charge in [0.25, 0.3) is 0 Å². The van der Waals surface area contributed by atoms with Crippen molar-refractivity contribution in [1.29, 1.82) is 0 Å². The Labute approximate surface area is 100.0 Å². The lowest BCUT2D eigenvalue weighted by Gasteiger charge is -2.03. The van der Waals surface area contributed by atoms with E-state index in [4.69, 9.17) is 10.2 Å². The molecular formula is C11H18N4O2. The molecule has 0 spiro atoms. The van der Waals surface area contributed by atoms with Crippen molar-refractivity contribution in [3.63, 3.8) is 0 Å². The second-order valence-electron chi connectivity index (χ2n) is 4.64. The van der Waals surface area contributed by atoms with Crippen molar-refractivity contribution in [1.82, 2.24) is 10.2 Å². The lowest BCUT2D eigenvalue weighted by atomic mass is 10.1. The Kier molecular flexibility index (Phi) is 3.73. The Morgan fingerprint density at radius 3 is 3.00 bits per heavy atom. The predicted molar refractivity (Wildman–Crippen MR) is 62.4 cm³/mol. The van der Waals surface area contributed by atoms with Gasteiger partial charge >= 0.3 is 6.01 Å². The molecule has 1 aromatic rings. The second kappa shape index (κ2) is 5.27. The maximum absolute atomic E-state index is 11.5. The molecule has 1 fully saturated rings. The fourth-order valence-corrected chi connectivity index (χ4v) is 1.55. The summed E-state index contributed by atoms with van der Waals surface area (Å²) in [4.78, 5) is 11.5. The van der Waals surface area contributed by atoms with Crippen LogP contribution in [-0.2, 0) is 4.79 Å². The molecule has 1 unspecified atom stereocenters. The van der Waals surface area contributed by atoms with Crippen LogP contribution in [0.25, 0.3) is 0 Å². The van der Waals surface area contributed by atoms with Crippen LogP contribution in [0.4, 0.5) is 6.01 Å². The number of aromatic nitrogens is 2. The van der Waals surface area contributed by atoms with Gasteiger partial charge in [-0.1, -0.05) is 5.10 Å². The summed E-state index contributed by atoms with van der Waals surface area (Å²) in [6.45, 7) is 1.93. The van der Waals surface area contributed by atoms with Gasteiger partial charge in [-0.2, -0.15) is 0 Å². The summed E-state index contributed by atoms with van der Waals surface area (Å²) in [5.74, 6) is 0.943. The number of amides is 1. The molecule has 1 heterocycles. The van der Waals surface area contributed by atoms with Crippen molar-refractivity contribution in [3.05, 3.63) is 5.89 Å². The maximum atomic E-state index is 11.5. The number of hydrogen-bond donors (Lipinski definition) is 2. The molecule has 0 radical (unpaired) electrons. The van der Waals surface area contributed by atoms with Crippen molar-refractivity contribution in [2.24, 2.45) is 5.73 Å². The van der Waals surface area contributed by atoms with Gasteiger partial charge in [-0.25, -0.2) is 0 Å². The number of nitrogens with one attached hydrogen (secondary N) is 1. The molecule has 6 nitrogen and oxygen atoms in total. The second-order valence-corrected chi connectivity index (χ2v) is 4.64. The van der Waals surface area contributed by atoms with Crippen molar-refractivity contribution in [3.8, 4) is 0 Å². The molecule has 17 heavy (non-hydrogen) atoms. The highest BCUT2D eigenvalue weighted by atomic mass is 16.4. The number of anilines is 1. The molecule has 1 saturated carbocycles. The van der Waals surface area contributed by atoms with Gasteiger partial charge in [-0.3, -0.25) is 10.1 Å². The predicted octanol–water partition coefficient (Wildman–Crippen LogP) is 1.40. The van der Waals surface area contributed by atoms with Gasteiger partial charge in [0, 0.05) is 18.4 Å². The Morgan fingerprint density at radius 1 is 1.59 bits per heavy atom. The minimum atomic E-state index is -0.100. The van der Waals surface area contributed by atoms with Crippen molar-refractivity contribution < 1.29 is 9.21 Å². The third-order valence-electron chi connectivity index (χ3n) is 2.68. The number of nitrogens with two attached hydrogens (primary N) is 1. The molecule has 1 amide bonds. The first-order valence-corrected chi connectivity index (χ1v) is 6.04. The van der Waals surface area contributed by atoms with Crippen LogP contribution in [0.15, 0.2) is 4.42 Å². The summed E-state index contributed by atoms with van der Waals surface area (Å²) < 4.78 is 5.33. The summed E-state index contributed by atoms with van der Waals surface area (Å²) in [5, 5.41) is 10.3. The molecule has 0 saturated heterocycles. The third kappa shape index (κ3) is 3.81. The van der Waals surface area contributed by atoms with E-state index < -0.39 is 0 Å². The number of carbonyl (C=O) groups is 1. The minimum Gasteiger partial charge on any atom is -0.408 e. The van der Waals surface area contributed by atoms with Gasteiger partial charge < -0.3 is 10.2 Å². The molecule has 6 heteroatoms. The molecule has 2 rings (SSSR count). The van der Waals surface area contributed by atoms with E-state index in [1.807, 2.05) is 6.92 Å². The highest BCUT2D eigenvalue weighted by Crippen LogP contribution is 2.39. The van der Waals surface area contributed by atoms with Crippen molar-refractivity contribution >= 4 is 11.9 Å². The van der Waals surface area contributed by atoms with E-state index in [0.29, 0.717) is 18.2 Å². The summed E-state index contributed by atoms with van der Waals surface area (Å²) in [7, 11) is 0. The highest BCUT2D eigenvalue weighted by Gasteiger charge is 2.29. The summed E-state index contributed by atoms with van der Waals surface area (Å²) >= 11 is 0. The van der Waals surface area contributed by atoms with Crippen molar-refractivity contribution in [2.75, 3.05) is 5.32 Å². The van der Waals surface area contributed by atoms with Crippen LogP contribution in [0.1, 0.15) is 50.8 Å². The highest BCUT2D eigenvalue weighted by molar-refractivity contribution is 5.88. The largest absolute Gasteiger partial charge is 0.408 e. The average molecular weight is 238 g/mol. The van der Waals surface area contributed by atoms with Crippen LogP contribution >= 0.6 is 0 Å². The van der Waals surface area contributed by atoms with E-state index in [1.54, 1.807) is 0 Å². The molecule has 3 N–H and O–H groups in total. The zero-order valence-electron chi connectivity index (χ0n) is 9.98. The number of hydrogen-bond acceptors (Lipinski definition) is 5. The van der Waals surface area contributed by atoms with Gasteiger partial charge in [0.2, 0.25) is 11.8 Å². The quantitative estimate of drug-likeness (QED) is 0.781. The molecule has 94 valence electrons. The lowest BCUT2D eigenvalue weighted by molar-refractivity contribution is -0.116. The fraction of sp³-hybridized carbons (Fsp3) is 0.727. The van der Waals surface area contributed by atoms with E-state index >= 15 is 0 Å². The fourth-order valence-electron chi connectivity index (χ4n) is 1.55. The van der Waals surface area contributed by atoms with Gasteiger partial charge in [0.1, 0.15) is 0 Å². The Bertz CT molecular complexity index is 385. The van der Waals surface area contributed by atoms with E-state index in [9.17, 15) is 4.79 Å². The third-order valence-corrected chi connectivity index (χ3v) is 2.68. The zero-order chi connectivity index (χ0) is 12.3. The van der Waals surface area contributed by atoms with Crippen LogP contribution in [0, 0.1) is 0 Å². The Hall–Kier alpha value is -1.43. The molecule has 0 bridgehead atoms. The van der Waals surface area contributed by atoms with E-state index in [1.165, 1.54) is 0 Å². The maximum Gasteiger partial charge on any atom is 0.322 e. The molecule has 0 aliphatic heterocycles. The first-order chi connectivity index (χ1) is 8.15. The molecule has 0 aromatic carbocycles. The first kappa shape index (κ1) is 12.0. The van der Waals surface area contributed by atoms with E-state index in [-0.39, 0.29) is 18.0 Å². The minimum absolute atomic E-state index is 0.100. The molecule has 1 aliphatic carbocycles. The van der Waals surface area contributed by atoms with Gasteiger partial charge in [0.15, 0.2) is 0 Å². The molecule has 1 aromatic heterocycles. The van der Waals surface area contributed by atoms with Crippen LogP contribution in [0.2, 0.25) is 0 Å². The number of carbonyl (C=O) groups excluding carboxylic acids is 1. The van der Waals surface area contributed by atoms with Crippen LogP contribution in [0.5, 0.6) is 0 Å². The average Bonchev–Trinajstić information content (AvgIpc) is 3.00. The van der Waals surface area contributed by atoms with Crippen LogP contribution < -0.4 is 11.1 Å². The molecule has 1 aliphatic rings. The molecular weight excluding hydrogens is 220 g/mol. The smallest absolute Gasteiger partial charge is 0.322 e. The van der Waals surface area contributed by atoms with Crippen LogP contribution in [0.3, 0.4) is 0 Å². The SMILES string of the molecule is CC(N)CCCC(=O)Nc1nnc(C2CC2)o1. The standard InChI is InChI=1S/C11H18N4O2/c1-7(12)3-2-4-9(16)13-11-15-14-10(17-11)8-5-6-8/h7-8H,2-6,12H2,1H3,(H,13,15,16). The van der Waals surface area contributed by atoms with Crippen molar-refractivity contribution in [2.45, 2.75) is 51.0 Å². The number of nitrogens with zero attached hydrogens (tertiary/aromatic N) is 2. The van der Waals surface area contributed by atoms with Gasteiger partial charge in [0.05, 0.1) is 0 Å². The normalized spacial score (nSPS) is 16.8. The molecule has 1 atom stereocenters. The van der Waals surface area contributed by atoms with Crippen LogP contribution in [-0.4, -0.2) is 22.1 Å². The van der Waals surface area contributed by atoms with E-state index in [2.05, 4.69) is 15.5 Å². The number of rotatable bonds is 6. The summed E-state index contributed by atoms with van der Waals surface area (Å²) in [6, 6.07) is 0.338. The summed E-state index contributed by atoms with van der Waals surface area (Å²) in [5.41, 5.74) is 5.60. The first-order valence-electron chi connectivity index (χ1n) is 6.04. The zero-order valence-corrected chi connectivity index (χ0v) is 9.98. The van der Waals surface area contributed by atoms with Gasteiger partial charge in [-0.15, -0.1) is 5.10 Å². The topological polar surface area (TPSA) is 94.0 Å². The Morgan fingerprint density at radius 2 is 2.35 bits per heavy atom. The summed E-state index contributed by atoms with van der Waals surface area (Å²) in [6.07, 6.45) is 4.24. The lowest BCUT2D eigenvalue weighted by Crippen LogP contribution is -2.16.